The number of rotatable bonds is 5. The number of methoxy groups -OCH3 is 2. The van der Waals surface area contributed by atoms with Gasteiger partial charge in [0.2, 0.25) is 5.76 Å². The Bertz CT molecular complexity index is 518. The van der Waals surface area contributed by atoms with Crippen molar-refractivity contribution in [1.29, 1.82) is 5.26 Å². The standard InChI is InChI=1S/C14H16BrNO3/c1-9(2)11-5-14(18-4)12(15)6-13(11)19-10(7-16)8-17-3/h5-6,8-9H,1-4H3/b10-8+. The van der Waals surface area contributed by atoms with Gasteiger partial charge in [-0.1, -0.05) is 13.8 Å². The first kappa shape index (κ1) is 15.4. The molecular formula is C14H16BrNO3. The molecule has 0 N–H and O–H groups in total. The van der Waals surface area contributed by atoms with E-state index in [1.807, 2.05) is 26.0 Å². The van der Waals surface area contributed by atoms with E-state index in [0.717, 1.165) is 15.8 Å². The molecule has 0 fully saturated rings. The van der Waals surface area contributed by atoms with Gasteiger partial charge in [-0.3, -0.25) is 0 Å². The summed E-state index contributed by atoms with van der Waals surface area (Å²) in [5, 5.41) is 8.96. The predicted octanol–water partition coefficient (Wildman–Crippen LogP) is 3.97. The molecule has 0 aliphatic heterocycles. The average Bonchev–Trinajstić information content (AvgIpc) is 2.38. The van der Waals surface area contributed by atoms with Gasteiger partial charge in [-0.25, -0.2) is 0 Å². The minimum Gasteiger partial charge on any atom is -0.500 e. The maximum Gasteiger partial charge on any atom is 0.238 e. The molecule has 0 saturated carbocycles. The van der Waals surface area contributed by atoms with E-state index >= 15 is 0 Å². The Morgan fingerprint density at radius 3 is 2.47 bits per heavy atom. The number of ether oxygens (including phenoxy) is 3. The molecule has 5 heteroatoms. The number of nitrogens with zero attached hydrogens (tertiary/aromatic N) is 1. The zero-order valence-electron chi connectivity index (χ0n) is 11.4. The maximum absolute atomic E-state index is 8.96. The summed E-state index contributed by atoms with van der Waals surface area (Å²) in [7, 11) is 3.07. The molecule has 1 aromatic carbocycles. The lowest BCUT2D eigenvalue weighted by atomic mass is 10.0. The van der Waals surface area contributed by atoms with E-state index in [4.69, 9.17) is 19.5 Å². The molecule has 1 aromatic rings. The van der Waals surface area contributed by atoms with Gasteiger partial charge in [0.1, 0.15) is 23.8 Å². The van der Waals surface area contributed by atoms with Crippen molar-refractivity contribution in [2.75, 3.05) is 14.2 Å². The zero-order chi connectivity index (χ0) is 14.4. The van der Waals surface area contributed by atoms with Crippen LogP contribution in [0.2, 0.25) is 0 Å². The summed E-state index contributed by atoms with van der Waals surface area (Å²) in [5.74, 6) is 1.67. The average molecular weight is 326 g/mol. The van der Waals surface area contributed by atoms with Crippen molar-refractivity contribution < 1.29 is 14.2 Å². The third-order valence-electron chi connectivity index (χ3n) is 2.46. The number of hydrogen-bond donors (Lipinski definition) is 0. The summed E-state index contributed by atoms with van der Waals surface area (Å²) in [4.78, 5) is 0. The van der Waals surface area contributed by atoms with Crippen molar-refractivity contribution in [3.63, 3.8) is 0 Å². The molecule has 1 rings (SSSR count). The zero-order valence-corrected chi connectivity index (χ0v) is 12.9. The van der Waals surface area contributed by atoms with Crippen molar-refractivity contribution in [3.8, 4) is 17.6 Å². The molecule has 0 atom stereocenters. The fourth-order valence-electron chi connectivity index (χ4n) is 1.55. The summed E-state index contributed by atoms with van der Waals surface area (Å²) in [6.45, 7) is 4.09. The summed E-state index contributed by atoms with van der Waals surface area (Å²) in [5.41, 5.74) is 0.956. The number of allylic oxidation sites excluding steroid dienone is 1. The molecule has 102 valence electrons. The smallest absolute Gasteiger partial charge is 0.238 e. The molecule has 0 aromatic heterocycles. The first-order valence-electron chi connectivity index (χ1n) is 5.71. The van der Waals surface area contributed by atoms with Crippen molar-refractivity contribution in [3.05, 3.63) is 34.2 Å². The second-order valence-electron chi connectivity index (χ2n) is 4.11. The maximum atomic E-state index is 8.96. The first-order chi connectivity index (χ1) is 9.03. The van der Waals surface area contributed by atoms with Gasteiger partial charge >= 0.3 is 0 Å². The molecule has 0 aliphatic carbocycles. The van der Waals surface area contributed by atoms with Crippen molar-refractivity contribution in [2.45, 2.75) is 19.8 Å². The van der Waals surface area contributed by atoms with E-state index in [2.05, 4.69) is 15.9 Å². The van der Waals surface area contributed by atoms with Crippen molar-refractivity contribution in [1.82, 2.24) is 0 Å². The van der Waals surface area contributed by atoms with Crippen LogP contribution in [0.3, 0.4) is 0 Å². The molecule has 4 nitrogen and oxygen atoms in total. The molecule has 0 heterocycles. The second kappa shape index (κ2) is 7.05. The van der Waals surface area contributed by atoms with Crippen LogP contribution >= 0.6 is 15.9 Å². The van der Waals surface area contributed by atoms with Crippen molar-refractivity contribution >= 4 is 15.9 Å². The van der Waals surface area contributed by atoms with E-state index in [9.17, 15) is 0 Å². The van der Waals surface area contributed by atoms with Crippen LogP contribution in [-0.2, 0) is 4.74 Å². The number of hydrogen-bond acceptors (Lipinski definition) is 4. The van der Waals surface area contributed by atoms with Crippen LogP contribution in [0, 0.1) is 11.3 Å². The normalized spacial score (nSPS) is 11.1. The highest BCUT2D eigenvalue weighted by Gasteiger charge is 2.14. The van der Waals surface area contributed by atoms with E-state index < -0.39 is 0 Å². The van der Waals surface area contributed by atoms with Crippen LogP contribution in [0.5, 0.6) is 11.5 Å². The summed E-state index contributed by atoms with van der Waals surface area (Å²) in [6, 6.07) is 5.61. The van der Waals surface area contributed by atoms with E-state index in [1.54, 1.807) is 13.2 Å². The largest absolute Gasteiger partial charge is 0.500 e. The SMILES string of the molecule is CO/C=C(\C#N)Oc1cc(Br)c(OC)cc1C(C)C. The van der Waals surface area contributed by atoms with Crippen LogP contribution in [0.1, 0.15) is 25.3 Å². The molecule has 0 bridgehead atoms. The number of halogens is 1. The van der Waals surface area contributed by atoms with Crippen LogP contribution in [0.15, 0.2) is 28.6 Å². The number of nitriles is 1. The van der Waals surface area contributed by atoms with Crippen LogP contribution in [0.4, 0.5) is 0 Å². The van der Waals surface area contributed by atoms with E-state index in [-0.39, 0.29) is 11.7 Å². The van der Waals surface area contributed by atoms with Gasteiger partial charge in [-0.05, 0) is 34.0 Å². The Labute approximate surface area is 121 Å². The lowest BCUT2D eigenvalue weighted by Gasteiger charge is -2.15. The highest BCUT2D eigenvalue weighted by molar-refractivity contribution is 9.10. The van der Waals surface area contributed by atoms with Gasteiger partial charge in [-0.2, -0.15) is 5.26 Å². The Morgan fingerprint density at radius 1 is 1.32 bits per heavy atom. The topological polar surface area (TPSA) is 51.5 Å². The molecule has 0 aliphatic rings. The molecule has 0 amide bonds. The molecule has 0 saturated heterocycles. The highest BCUT2D eigenvalue weighted by atomic mass is 79.9. The Balaban J connectivity index is 3.23. The molecule has 19 heavy (non-hydrogen) atoms. The monoisotopic (exact) mass is 325 g/mol. The van der Waals surface area contributed by atoms with Crippen LogP contribution in [0.25, 0.3) is 0 Å². The summed E-state index contributed by atoms with van der Waals surface area (Å²) >= 11 is 3.40. The van der Waals surface area contributed by atoms with Gasteiger partial charge in [-0.15, -0.1) is 0 Å². The third kappa shape index (κ3) is 3.90. The molecule has 0 radical (unpaired) electrons. The Morgan fingerprint density at radius 2 is 2.00 bits per heavy atom. The Kier molecular flexibility index (Phi) is 5.71. The van der Waals surface area contributed by atoms with E-state index in [0.29, 0.717) is 5.75 Å². The molecular weight excluding hydrogens is 310 g/mol. The van der Waals surface area contributed by atoms with Gasteiger partial charge in [0.05, 0.1) is 18.7 Å². The minimum atomic E-state index is 0.0986. The number of benzene rings is 1. The molecule has 0 unspecified atom stereocenters. The van der Waals surface area contributed by atoms with Gasteiger partial charge in [0, 0.05) is 5.56 Å². The summed E-state index contributed by atoms with van der Waals surface area (Å²) < 4.78 is 16.4. The molecule has 0 spiro atoms. The van der Waals surface area contributed by atoms with Crippen LogP contribution in [-0.4, -0.2) is 14.2 Å². The first-order valence-corrected chi connectivity index (χ1v) is 6.51. The minimum absolute atomic E-state index is 0.0986. The van der Waals surface area contributed by atoms with Crippen molar-refractivity contribution in [2.24, 2.45) is 0 Å². The third-order valence-corrected chi connectivity index (χ3v) is 3.08. The highest BCUT2D eigenvalue weighted by Crippen LogP contribution is 2.37. The quantitative estimate of drug-likeness (QED) is 0.607. The fraction of sp³-hybridized carbons (Fsp3) is 0.357. The van der Waals surface area contributed by atoms with Gasteiger partial charge in [0.25, 0.3) is 0 Å². The van der Waals surface area contributed by atoms with Gasteiger partial charge in [0.15, 0.2) is 0 Å². The van der Waals surface area contributed by atoms with Crippen LogP contribution < -0.4 is 9.47 Å². The predicted molar refractivity (Wildman–Crippen MR) is 76.1 cm³/mol. The second-order valence-corrected chi connectivity index (χ2v) is 4.97. The summed E-state index contributed by atoms with van der Waals surface area (Å²) in [6.07, 6.45) is 1.27. The lowest BCUT2D eigenvalue weighted by Crippen LogP contribution is -2.00. The lowest BCUT2D eigenvalue weighted by molar-refractivity contribution is 0.309. The fourth-order valence-corrected chi connectivity index (χ4v) is 2.03. The van der Waals surface area contributed by atoms with Gasteiger partial charge < -0.3 is 14.2 Å². The Hall–Kier alpha value is -1.67. The van der Waals surface area contributed by atoms with E-state index in [1.165, 1.54) is 13.4 Å².